The molecule has 1 aliphatic rings. The highest BCUT2D eigenvalue weighted by Crippen LogP contribution is 2.17. The minimum absolute atomic E-state index is 0.136. The minimum atomic E-state index is -3.59. The number of nitrogens with one attached hydrogen (secondary N) is 1. The third kappa shape index (κ3) is 4.60. The molecule has 2 aromatic rings. The molecule has 25 heavy (non-hydrogen) atoms. The van der Waals surface area contributed by atoms with Crippen LogP contribution in [-0.2, 0) is 21.2 Å². The lowest BCUT2D eigenvalue weighted by atomic mass is 10.1. The van der Waals surface area contributed by atoms with Crippen LogP contribution in [0.2, 0.25) is 0 Å². The van der Waals surface area contributed by atoms with Gasteiger partial charge in [-0.2, -0.15) is 0 Å². The van der Waals surface area contributed by atoms with Crippen molar-refractivity contribution >= 4 is 21.6 Å². The van der Waals surface area contributed by atoms with Crippen molar-refractivity contribution in [2.45, 2.75) is 30.6 Å². The molecule has 0 radical (unpaired) electrons. The summed E-state index contributed by atoms with van der Waals surface area (Å²) in [4.78, 5) is 14.4. The Kier molecular flexibility index (Phi) is 5.38. The zero-order valence-corrected chi connectivity index (χ0v) is 14.8. The summed E-state index contributed by atoms with van der Waals surface area (Å²) in [5, 5.41) is 0. The molecule has 1 aliphatic heterocycles. The third-order valence-electron chi connectivity index (χ3n) is 4.32. The molecule has 1 heterocycles. The van der Waals surface area contributed by atoms with E-state index in [1.165, 1.54) is 6.42 Å². The van der Waals surface area contributed by atoms with E-state index in [0.717, 1.165) is 31.5 Å². The van der Waals surface area contributed by atoms with Gasteiger partial charge in [0.1, 0.15) is 0 Å². The highest BCUT2D eigenvalue weighted by Gasteiger charge is 2.17. The number of piperidine rings is 1. The Morgan fingerprint density at radius 1 is 0.920 bits per heavy atom. The predicted molar refractivity (Wildman–Crippen MR) is 97.8 cm³/mol. The molecule has 1 amide bonds. The standard InChI is InChI=1S/C19H22N2O3S/c22-19(21-13-5-2-6-14-21)15-16-9-11-17(12-10-16)20-25(23,24)18-7-3-1-4-8-18/h1,3-4,7-12,20H,2,5-6,13-15H2. The lowest BCUT2D eigenvalue weighted by Crippen LogP contribution is -2.36. The van der Waals surface area contributed by atoms with Crippen LogP contribution in [0, 0.1) is 0 Å². The van der Waals surface area contributed by atoms with Crippen molar-refractivity contribution in [3.05, 3.63) is 60.2 Å². The van der Waals surface area contributed by atoms with Crippen LogP contribution in [0.4, 0.5) is 5.69 Å². The van der Waals surface area contributed by atoms with Crippen LogP contribution in [0.25, 0.3) is 0 Å². The Labute approximate surface area is 148 Å². The maximum atomic E-state index is 12.3. The average Bonchev–Trinajstić information content (AvgIpc) is 2.64. The number of anilines is 1. The highest BCUT2D eigenvalue weighted by atomic mass is 32.2. The molecule has 0 unspecified atom stereocenters. The van der Waals surface area contributed by atoms with Gasteiger partial charge in [-0.05, 0) is 49.1 Å². The van der Waals surface area contributed by atoms with E-state index < -0.39 is 10.0 Å². The molecule has 0 saturated carbocycles. The first-order valence-corrected chi connectivity index (χ1v) is 9.97. The molecular formula is C19H22N2O3S. The molecule has 0 aliphatic carbocycles. The number of hydrogen-bond donors (Lipinski definition) is 1. The Balaban J connectivity index is 1.63. The van der Waals surface area contributed by atoms with Crippen molar-refractivity contribution in [3.8, 4) is 0 Å². The predicted octanol–water partition coefficient (Wildman–Crippen LogP) is 3.04. The molecule has 2 aromatic carbocycles. The van der Waals surface area contributed by atoms with Gasteiger partial charge >= 0.3 is 0 Å². The maximum Gasteiger partial charge on any atom is 0.261 e. The summed E-state index contributed by atoms with van der Waals surface area (Å²) < 4.78 is 27.2. The summed E-state index contributed by atoms with van der Waals surface area (Å²) in [6.07, 6.45) is 3.70. The molecule has 1 fully saturated rings. The van der Waals surface area contributed by atoms with Gasteiger partial charge in [-0.1, -0.05) is 30.3 Å². The van der Waals surface area contributed by atoms with E-state index in [0.29, 0.717) is 12.1 Å². The van der Waals surface area contributed by atoms with Crippen molar-refractivity contribution in [2.24, 2.45) is 0 Å². The molecule has 1 saturated heterocycles. The Hall–Kier alpha value is -2.34. The molecule has 0 aromatic heterocycles. The summed E-state index contributed by atoms with van der Waals surface area (Å²) in [6.45, 7) is 1.68. The second-order valence-electron chi connectivity index (χ2n) is 6.23. The number of hydrogen-bond acceptors (Lipinski definition) is 3. The Morgan fingerprint density at radius 3 is 2.20 bits per heavy atom. The van der Waals surface area contributed by atoms with E-state index >= 15 is 0 Å². The second kappa shape index (κ2) is 7.70. The van der Waals surface area contributed by atoms with Crippen LogP contribution >= 0.6 is 0 Å². The fourth-order valence-corrected chi connectivity index (χ4v) is 4.01. The zero-order chi connectivity index (χ0) is 17.7. The zero-order valence-electron chi connectivity index (χ0n) is 14.0. The maximum absolute atomic E-state index is 12.3. The van der Waals surface area contributed by atoms with Crippen LogP contribution in [-0.4, -0.2) is 32.3 Å². The molecular weight excluding hydrogens is 336 g/mol. The highest BCUT2D eigenvalue weighted by molar-refractivity contribution is 7.92. The number of nitrogens with zero attached hydrogens (tertiary/aromatic N) is 1. The molecule has 1 N–H and O–H groups in total. The first kappa shape index (κ1) is 17.5. The van der Waals surface area contributed by atoms with Gasteiger partial charge in [-0.25, -0.2) is 8.42 Å². The molecule has 0 atom stereocenters. The van der Waals surface area contributed by atoms with Crippen LogP contribution in [0.5, 0.6) is 0 Å². The van der Waals surface area contributed by atoms with Gasteiger partial charge < -0.3 is 4.90 Å². The molecule has 5 nitrogen and oxygen atoms in total. The van der Waals surface area contributed by atoms with Crippen molar-refractivity contribution in [2.75, 3.05) is 17.8 Å². The van der Waals surface area contributed by atoms with Crippen LogP contribution in [0.15, 0.2) is 59.5 Å². The first-order valence-electron chi connectivity index (χ1n) is 8.49. The number of amides is 1. The van der Waals surface area contributed by atoms with Crippen molar-refractivity contribution < 1.29 is 13.2 Å². The summed E-state index contributed by atoms with van der Waals surface area (Å²) in [7, 11) is -3.59. The van der Waals surface area contributed by atoms with E-state index in [1.807, 2.05) is 4.90 Å². The average molecular weight is 358 g/mol. The quantitative estimate of drug-likeness (QED) is 0.893. The van der Waals surface area contributed by atoms with Gasteiger partial charge in [0.15, 0.2) is 0 Å². The number of sulfonamides is 1. The summed E-state index contributed by atoms with van der Waals surface area (Å²) in [6, 6.07) is 15.2. The summed E-state index contributed by atoms with van der Waals surface area (Å²) in [5.74, 6) is 0.136. The van der Waals surface area contributed by atoms with Crippen LogP contribution < -0.4 is 4.72 Å². The van der Waals surface area contributed by atoms with Crippen molar-refractivity contribution in [1.29, 1.82) is 0 Å². The topological polar surface area (TPSA) is 66.5 Å². The van der Waals surface area contributed by atoms with E-state index in [4.69, 9.17) is 0 Å². The number of rotatable bonds is 5. The molecule has 6 heteroatoms. The third-order valence-corrected chi connectivity index (χ3v) is 5.72. The summed E-state index contributed by atoms with van der Waals surface area (Å²) in [5.41, 5.74) is 1.37. The first-order chi connectivity index (χ1) is 12.0. The van der Waals surface area contributed by atoms with Crippen LogP contribution in [0.3, 0.4) is 0 Å². The molecule has 0 spiro atoms. The van der Waals surface area contributed by atoms with E-state index in [1.54, 1.807) is 54.6 Å². The van der Waals surface area contributed by atoms with Crippen LogP contribution in [0.1, 0.15) is 24.8 Å². The van der Waals surface area contributed by atoms with E-state index in [-0.39, 0.29) is 10.8 Å². The fraction of sp³-hybridized carbons (Fsp3) is 0.316. The molecule has 132 valence electrons. The lowest BCUT2D eigenvalue weighted by Gasteiger charge is -2.26. The van der Waals surface area contributed by atoms with Crippen molar-refractivity contribution in [1.82, 2.24) is 4.90 Å². The Bertz CT molecular complexity index is 812. The Morgan fingerprint density at radius 2 is 1.56 bits per heavy atom. The fourth-order valence-electron chi connectivity index (χ4n) is 2.93. The van der Waals surface area contributed by atoms with Crippen molar-refractivity contribution in [3.63, 3.8) is 0 Å². The number of benzene rings is 2. The molecule has 0 bridgehead atoms. The van der Waals surface area contributed by atoms with Gasteiger partial charge in [-0.3, -0.25) is 9.52 Å². The number of carbonyl (C=O) groups excluding carboxylic acids is 1. The summed E-state index contributed by atoms with van der Waals surface area (Å²) >= 11 is 0. The second-order valence-corrected chi connectivity index (χ2v) is 7.92. The molecule has 3 rings (SSSR count). The van der Waals surface area contributed by atoms with Gasteiger partial charge in [0.2, 0.25) is 5.91 Å². The van der Waals surface area contributed by atoms with Gasteiger partial charge in [0.25, 0.3) is 10.0 Å². The smallest absolute Gasteiger partial charge is 0.261 e. The van der Waals surface area contributed by atoms with Gasteiger partial charge in [0.05, 0.1) is 11.3 Å². The number of likely N-dealkylation sites (tertiary alicyclic amines) is 1. The number of carbonyl (C=O) groups is 1. The largest absolute Gasteiger partial charge is 0.342 e. The van der Waals surface area contributed by atoms with E-state index in [9.17, 15) is 13.2 Å². The van der Waals surface area contributed by atoms with E-state index in [2.05, 4.69) is 4.72 Å². The monoisotopic (exact) mass is 358 g/mol. The lowest BCUT2D eigenvalue weighted by molar-refractivity contribution is -0.131. The minimum Gasteiger partial charge on any atom is -0.342 e. The van der Waals surface area contributed by atoms with Gasteiger partial charge in [0, 0.05) is 18.8 Å². The SMILES string of the molecule is O=C(Cc1ccc(NS(=O)(=O)c2ccccc2)cc1)N1CCCCC1. The normalized spacial score (nSPS) is 15.0. The van der Waals surface area contributed by atoms with Gasteiger partial charge in [-0.15, -0.1) is 0 Å².